The van der Waals surface area contributed by atoms with Crippen LogP contribution in [0.1, 0.15) is 10.4 Å². The van der Waals surface area contributed by atoms with Crippen LogP contribution in [0, 0.1) is 0 Å². The van der Waals surface area contributed by atoms with Crippen molar-refractivity contribution in [3.05, 3.63) is 28.2 Å². The van der Waals surface area contributed by atoms with E-state index >= 15 is 0 Å². The van der Waals surface area contributed by atoms with Gasteiger partial charge >= 0.3 is 5.97 Å². The zero-order chi connectivity index (χ0) is 13.1. The maximum absolute atomic E-state index is 11.6. The number of rotatable bonds is 4. The van der Waals surface area contributed by atoms with Crippen LogP contribution >= 0.6 is 15.9 Å². The lowest BCUT2D eigenvalue weighted by Crippen LogP contribution is -2.14. The molecule has 0 aliphatic heterocycles. The van der Waals surface area contributed by atoms with E-state index in [1.165, 1.54) is 0 Å². The van der Waals surface area contributed by atoms with Crippen LogP contribution in [0.25, 0.3) is 0 Å². The number of carbonyl (C=O) groups is 1. The molecule has 94 valence electrons. The molecule has 0 bridgehead atoms. The zero-order valence-electron chi connectivity index (χ0n) is 9.14. The minimum atomic E-state index is -3.13. The van der Waals surface area contributed by atoms with E-state index < -0.39 is 15.8 Å². The normalized spacial score (nSPS) is 11.2. The van der Waals surface area contributed by atoms with Gasteiger partial charge in [-0.3, -0.25) is 0 Å². The summed E-state index contributed by atoms with van der Waals surface area (Å²) in [7, 11) is -3.13. The predicted molar refractivity (Wildman–Crippen MR) is 68.5 cm³/mol. The molecule has 0 saturated carbocycles. The summed E-state index contributed by atoms with van der Waals surface area (Å²) in [5.41, 5.74) is 6.30. The Bertz CT molecular complexity index is 527. The second-order valence-corrected chi connectivity index (χ2v) is 6.53. The van der Waals surface area contributed by atoms with Gasteiger partial charge in [0.25, 0.3) is 0 Å². The average molecular weight is 322 g/mol. The van der Waals surface area contributed by atoms with E-state index in [4.69, 9.17) is 10.5 Å². The lowest BCUT2D eigenvalue weighted by Gasteiger charge is -2.07. The highest BCUT2D eigenvalue weighted by atomic mass is 79.9. The predicted octanol–water partition coefficient (Wildman–Crippen LogP) is 1.23. The summed E-state index contributed by atoms with van der Waals surface area (Å²) in [5.74, 6) is -0.800. The molecule has 0 heterocycles. The van der Waals surface area contributed by atoms with Crippen molar-refractivity contribution < 1.29 is 17.9 Å². The smallest absolute Gasteiger partial charge is 0.339 e. The summed E-state index contributed by atoms with van der Waals surface area (Å²) in [6.45, 7) is -0.168. The first kappa shape index (κ1) is 14.0. The minimum absolute atomic E-state index is 0.168. The highest BCUT2D eigenvalue weighted by Gasteiger charge is 2.13. The number of carbonyl (C=O) groups excluding carboxylic acids is 1. The van der Waals surface area contributed by atoms with Gasteiger partial charge in [0.1, 0.15) is 6.61 Å². The Kier molecular flexibility index (Phi) is 4.53. The van der Waals surface area contributed by atoms with Gasteiger partial charge in [-0.05, 0) is 28.1 Å². The Morgan fingerprint density at radius 2 is 2.12 bits per heavy atom. The van der Waals surface area contributed by atoms with Crippen molar-refractivity contribution in [2.75, 3.05) is 24.3 Å². The largest absolute Gasteiger partial charge is 0.461 e. The van der Waals surface area contributed by atoms with Gasteiger partial charge < -0.3 is 10.5 Å². The molecule has 0 radical (unpaired) electrons. The molecule has 7 heteroatoms. The fourth-order valence-corrected chi connectivity index (χ4v) is 1.88. The minimum Gasteiger partial charge on any atom is -0.461 e. The Hall–Kier alpha value is -1.08. The van der Waals surface area contributed by atoms with E-state index in [2.05, 4.69) is 15.9 Å². The summed E-state index contributed by atoms with van der Waals surface area (Å²) in [6, 6.07) is 4.80. The van der Waals surface area contributed by atoms with Crippen LogP contribution in [0.4, 0.5) is 5.69 Å². The van der Waals surface area contributed by atoms with E-state index in [1.54, 1.807) is 18.2 Å². The lowest BCUT2D eigenvalue weighted by molar-refractivity contribution is 0.0528. The van der Waals surface area contributed by atoms with Crippen molar-refractivity contribution in [1.82, 2.24) is 0 Å². The van der Waals surface area contributed by atoms with Crippen LogP contribution in [0.2, 0.25) is 0 Å². The third-order valence-electron chi connectivity index (χ3n) is 1.94. The van der Waals surface area contributed by atoms with E-state index in [1.807, 2.05) is 0 Å². The molecular weight excluding hydrogens is 310 g/mol. The zero-order valence-corrected chi connectivity index (χ0v) is 11.5. The van der Waals surface area contributed by atoms with Crippen molar-refractivity contribution >= 4 is 37.4 Å². The quantitative estimate of drug-likeness (QED) is 0.665. The number of halogens is 1. The van der Waals surface area contributed by atoms with Crippen molar-refractivity contribution in [2.24, 2.45) is 0 Å². The van der Waals surface area contributed by atoms with Gasteiger partial charge in [-0.2, -0.15) is 0 Å². The molecule has 1 aromatic rings. The molecule has 0 spiro atoms. The monoisotopic (exact) mass is 321 g/mol. The number of ether oxygens (including phenoxy) is 1. The second-order valence-electron chi connectivity index (χ2n) is 3.47. The molecule has 1 aromatic carbocycles. The standard InChI is InChI=1S/C10H12BrNO4S/c1-17(14,15)6-5-16-10(13)7-3-2-4-8(12)9(7)11/h2-4H,5-6,12H2,1H3. The number of anilines is 1. The summed E-state index contributed by atoms with van der Waals surface area (Å²) in [6.07, 6.45) is 1.08. The molecule has 1 rings (SSSR count). The Morgan fingerprint density at radius 1 is 1.47 bits per heavy atom. The maximum Gasteiger partial charge on any atom is 0.339 e. The summed E-state index contributed by atoms with van der Waals surface area (Å²) in [4.78, 5) is 11.6. The summed E-state index contributed by atoms with van der Waals surface area (Å²) < 4.78 is 27.0. The van der Waals surface area contributed by atoms with Gasteiger partial charge in [0.05, 0.1) is 15.8 Å². The topological polar surface area (TPSA) is 86.5 Å². The SMILES string of the molecule is CS(=O)(=O)CCOC(=O)c1cccc(N)c1Br. The summed E-state index contributed by atoms with van der Waals surface area (Å²) >= 11 is 3.17. The second kappa shape index (κ2) is 5.50. The van der Waals surface area contributed by atoms with Crippen LogP contribution in [-0.2, 0) is 14.6 Å². The molecule has 0 amide bonds. The van der Waals surface area contributed by atoms with Gasteiger partial charge in [0.2, 0.25) is 0 Å². The van der Waals surface area contributed by atoms with Crippen LogP contribution in [-0.4, -0.2) is 33.0 Å². The number of sulfone groups is 1. The van der Waals surface area contributed by atoms with Gasteiger partial charge in [-0.25, -0.2) is 13.2 Å². The number of nitrogens with two attached hydrogens (primary N) is 1. The van der Waals surface area contributed by atoms with Gasteiger partial charge in [0.15, 0.2) is 9.84 Å². The lowest BCUT2D eigenvalue weighted by atomic mass is 10.2. The van der Waals surface area contributed by atoms with Crippen molar-refractivity contribution in [3.63, 3.8) is 0 Å². The number of esters is 1. The Balaban J connectivity index is 2.68. The fourth-order valence-electron chi connectivity index (χ4n) is 1.07. The number of hydrogen-bond donors (Lipinski definition) is 1. The average Bonchev–Trinajstić information content (AvgIpc) is 2.20. The first-order valence-electron chi connectivity index (χ1n) is 4.70. The van der Waals surface area contributed by atoms with Gasteiger partial charge in [0, 0.05) is 11.9 Å². The molecule has 0 aromatic heterocycles. The molecule has 17 heavy (non-hydrogen) atoms. The first-order chi connectivity index (χ1) is 7.81. The van der Waals surface area contributed by atoms with E-state index in [-0.39, 0.29) is 17.9 Å². The third-order valence-corrected chi connectivity index (χ3v) is 3.73. The van der Waals surface area contributed by atoms with E-state index in [0.717, 1.165) is 6.26 Å². The number of hydrogen-bond acceptors (Lipinski definition) is 5. The molecule has 5 nitrogen and oxygen atoms in total. The third kappa shape index (κ3) is 4.35. The fraction of sp³-hybridized carbons (Fsp3) is 0.300. The number of benzene rings is 1. The van der Waals surface area contributed by atoms with Crippen molar-refractivity contribution in [2.45, 2.75) is 0 Å². The molecule has 0 aliphatic carbocycles. The van der Waals surface area contributed by atoms with Crippen LogP contribution in [0.3, 0.4) is 0 Å². The van der Waals surface area contributed by atoms with Crippen LogP contribution in [0.15, 0.2) is 22.7 Å². The molecular formula is C10H12BrNO4S. The highest BCUT2D eigenvalue weighted by molar-refractivity contribution is 9.10. The Labute approximate surface area is 108 Å². The molecule has 2 N–H and O–H groups in total. The highest BCUT2D eigenvalue weighted by Crippen LogP contribution is 2.24. The van der Waals surface area contributed by atoms with Crippen molar-refractivity contribution in [3.8, 4) is 0 Å². The van der Waals surface area contributed by atoms with Gasteiger partial charge in [-0.15, -0.1) is 0 Å². The molecule has 0 aliphatic rings. The van der Waals surface area contributed by atoms with E-state index in [0.29, 0.717) is 10.2 Å². The van der Waals surface area contributed by atoms with Crippen LogP contribution < -0.4 is 5.73 Å². The maximum atomic E-state index is 11.6. The van der Waals surface area contributed by atoms with Gasteiger partial charge in [-0.1, -0.05) is 6.07 Å². The molecule has 0 fully saturated rings. The Morgan fingerprint density at radius 3 is 2.71 bits per heavy atom. The van der Waals surface area contributed by atoms with Crippen LogP contribution in [0.5, 0.6) is 0 Å². The first-order valence-corrected chi connectivity index (χ1v) is 7.55. The molecule has 0 unspecified atom stereocenters. The molecule has 0 saturated heterocycles. The summed E-state index contributed by atoms with van der Waals surface area (Å²) in [5, 5.41) is 0. The van der Waals surface area contributed by atoms with Crippen molar-refractivity contribution in [1.29, 1.82) is 0 Å². The molecule has 0 atom stereocenters. The van der Waals surface area contributed by atoms with E-state index in [9.17, 15) is 13.2 Å². The number of nitrogen functional groups attached to an aromatic ring is 1.